The van der Waals surface area contributed by atoms with Crippen LogP contribution >= 0.6 is 0 Å². The first-order valence-corrected chi connectivity index (χ1v) is 11.9. The van der Waals surface area contributed by atoms with Crippen LogP contribution in [0.4, 0.5) is 0 Å². The van der Waals surface area contributed by atoms with Crippen LogP contribution in [0.3, 0.4) is 0 Å². The van der Waals surface area contributed by atoms with Crippen LogP contribution in [0.1, 0.15) is 142 Å². The van der Waals surface area contributed by atoms with E-state index in [-0.39, 0.29) is 0 Å². The molecule has 0 saturated heterocycles. The van der Waals surface area contributed by atoms with Gasteiger partial charge in [-0.1, -0.05) is 135 Å². The maximum atomic E-state index is 10.3. The number of carbonyl (C=O) groups is 1. The van der Waals surface area contributed by atoms with E-state index in [1.54, 1.807) is 0 Å². The highest BCUT2D eigenvalue weighted by molar-refractivity contribution is 5.55. The minimum atomic E-state index is -0.731. The lowest BCUT2D eigenvalue weighted by Crippen LogP contribution is -2.06. The molecular weight excluding hydrogens is 320 g/mol. The predicted octanol–water partition coefficient (Wildman–Crippen LogP) is 7.76. The van der Waals surface area contributed by atoms with Gasteiger partial charge >= 0.3 is 0 Å². The van der Waals surface area contributed by atoms with E-state index >= 15 is 0 Å². The minimum Gasteiger partial charge on any atom is -0.386 e. The Kier molecular flexibility index (Phi) is 22.3. The van der Waals surface area contributed by atoms with Crippen molar-refractivity contribution in [3.63, 3.8) is 0 Å². The van der Waals surface area contributed by atoms with Crippen molar-refractivity contribution in [1.29, 1.82) is 0 Å². The van der Waals surface area contributed by atoms with E-state index in [1.807, 2.05) is 0 Å². The standard InChI is InChI=1S/C24H48O2/c1-2-3-4-5-6-7-8-9-10-11-12-13-14-15-16-17-18-19-20-21-22-24(26)23-25/h23-24,26H,2-22H2,1H3/t24-/m1/s1. The van der Waals surface area contributed by atoms with Crippen LogP contribution < -0.4 is 0 Å². The number of unbranched alkanes of at least 4 members (excludes halogenated alkanes) is 19. The smallest absolute Gasteiger partial charge is 0.148 e. The highest BCUT2D eigenvalue weighted by Gasteiger charge is 2.00. The SMILES string of the molecule is CCCCCCCCCCCCCCCCCCCCCC[C@@H](O)C=O. The molecule has 1 N–H and O–H groups in total. The minimum absolute atomic E-state index is 0.641. The van der Waals surface area contributed by atoms with E-state index in [4.69, 9.17) is 5.11 Å². The fourth-order valence-electron chi connectivity index (χ4n) is 3.68. The van der Waals surface area contributed by atoms with Crippen molar-refractivity contribution in [2.24, 2.45) is 0 Å². The largest absolute Gasteiger partial charge is 0.386 e. The zero-order chi connectivity index (χ0) is 19.1. The summed E-state index contributed by atoms with van der Waals surface area (Å²) in [5.41, 5.74) is 0. The summed E-state index contributed by atoms with van der Waals surface area (Å²) in [4.78, 5) is 10.3. The first-order chi connectivity index (χ1) is 12.8. The molecule has 0 unspecified atom stereocenters. The van der Waals surface area contributed by atoms with E-state index in [0.29, 0.717) is 12.7 Å². The maximum Gasteiger partial charge on any atom is 0.148 e. The average molecular weight is 369 g/mol. The number of hydrogen-bond acceptors (Lipinski definition) is 2. The molecule has 26 heavy (non-hydrogen) atoms. The Morgan fingerprint density at radius 3 is 1.08 bits per heavy atom. The summed E-state index contributed by atoms with van der Waals surface area (Å²) in [6, 6.07) is 0. The summed E-state index contributed by atoms with van der Waals surface area (Å²) >= 11 is 0. The number of hydrogen-bond donors (Lipinski definition) is 1. The molecule has 0 rings (SSSR count). The molecule has 0 amide bonds. The van der Waals surface area contributed by atoms with Gasteiger partial charge in [0.2, 0.25) is 0 Å². The second-order valence-corrected chi connectivity index (χ2v) is 8.21. The normalized spacial score (nSPS) is 12.4. The van der Waals surface area contributed by atoms with Crippen LogP contribution in [-0.2, 0) is 4.79 Å². The average Bonchev–Trinajstić information content (AvgIpc) is 2.66. The van der Waals surface area contributed by atoms with E-state index in [1.165, 1.54) is 116 Å². The molecule has 0 bridgehead atoms. The summed E-state index contributed by atoms with van der Waals surface area (Å²) in [6.45, 7) is 2.29. The van der Waals surface area contributed by atoms with E-state index in [2.05, 4.69) is 6.92 Å². The van der Waals surface area contributed by atoms with Crippen molar-refractivity contribution in [1.82, 2.24) is 0 Å². The van der Waals surface area contributed by atoms with Gasteiger partial charge in [0.1, 0.15) is 12.4 Å². The van der Waals surface area contributed by atoms with Gasteiger partial charge in [-0.05, 0) is 6.42 Å². The third kappa shape index (κ3) is 21.7. The summed E-state index contributed by atoms with van der Waals surface area (Å²) < 4.78 is 0. The van der Waals surface area contributed by atoms with Crippen molar-refractivity contribution in [3.05, 3.63) is 0 Å². The zero-order valence-electron chi connectivity index (χ0n) is 17.9. The van der Waals surface area contributed by atoms with Gasteiger partial charge in [0.15, 0.2) is 0 Å². The molecule has 0 aliphatic heterocycles. The van der Waals surface area contributed by atoms with E-state index in [0.717, 1.165) is 12.8 Å². The molecule has 0 radical (unpaired) electrons. The number of aliphatic hydroxyl groups excluding tert-OH is 1. The highest BCUT2D eigenvalue weighted by Crippen LogP contribution is 2.15. The summed E-state index contributed by atoms with van der Waals surface area (Å²) in [6.07, 6.45) is 28.1. The molecule has 0 aliphatic carbocycles. The molecule has 0 spiro atoms. The van der Waals surface area contributed by atoms with Crippen LogP contribution in [0.25, 0.3) is 0 Å². The second kappa shape index (κ2) is 22.7. The Morgan fingerprint density at radius 2 is 0.808 bits per heavy atom. The third-order valence-electron chi connectivity index (χ3n) is 5.51. The lowest BCUT2D eigenvalue weighted by atomic mass is 10.0. The zero-order valence-corrected chi connectivity index (χ0v) is 17.9. The van der Waals surface area contributed by atoms with Crippen LogP contribution in [0.2, 0.25) is 0 Å². The molecular formula is C24H48O2. The van der Waals surface area contributed by atoms with Crippen LogP contribution in [0.15, 0.2) is 0 Å². The number of aldehydes is 1. The van der Waals surface area contributed by atoms with Gasteiger partial charge < -0.3 is 9.90 Å². The molecule has 156 valence electrons. The fourth-order valence-corrected chi connectivity index (χ4v) is 3.68. The topological polar surface area (TPSA) is 37.3 Å². The summed E-state index contributed by atoms with van der Waals surface area (Å²) in [5.74, 6) is 0. The molecule has 0 aliphatic rings. The van der Waals surface area contributed by atoms with Crippen molar-refractivity contribution >= 4 is 6.29 Å². The molecule has 0 saturated carbocycles. The highest BCUT2D eigenvalue weighted by atomic mass is 16.3. The Balaban J connectivity index is 3.00. The van der Waals surface area contributed by atoms with Gasteiger partial charge in [0, 0.05) is 0 Å². The van der Waals surface area contributed by atoms with Gasteiger partial charge in [-0.15, -0.1) is 0 Å². The van der Waals surface area contributed by atoms with Crippen molar-refractivity contribution < 1.29 is 9.90 Å². The van der Waals surface area contributed by atoms with Crippen molar-refractivity contribution in [2.45, 2.75) is 148 Å². The quantitative estimate of drug-likeness (QED) is 0.157. The monoisotopic (exact) mass is 368 g/mol. The van der Waals surface area contributed by atoms with Crippen molar-refractivity contribution in [3.8, 4) is 0 Å². The van der Waals surface area contributed by atoms with Gasteiger partial charge in [0.05, 0.1) is 0 Å². The Morgan fingerprint density at radius 1 is 0.538 bits per heavy atom. The summed E-state index contributed by atoms with van der Waals surface area (Å²) in [7, 11) is 0. The predicted molar refractivity (Wildman–Crippen MR) is 115 cm³/mol. The third-order valence-corrected chi connectivity index (χ3v) is 5.51. The lowest BCUT2D eigenvalue weighted by molar-refractivity contribution is -0.115. The fraction of sp³-hybridized carbons (Fsp3) is 0.958. The summed E-state index contributed by atoms with van der Waals surface area (Å²) in [5, 5.41) is 9.14. The molecule has 0 fully saturated rings. The Labute approximate surface area is 164 Å². The van der Waals surface area contributed by atoms with Gasteiger partial charge in [-0.3, -0.25) is 0 Å². The molecule has 0 aromatic carbocycles. The Bertz CT molecular complexity index is 265. The number of rotatable bonds is 22. The van der Waals surface area contributed by atoms with E-state index in [9.17, 15) is 4.79 Å². The van der Waals surface area contributed by atoms with Gasteiger partial charge in [0.25, 0.3) is 0 Å². The molecule has 2 nitrogen and oxygen atoms in total. The lowest BCUT2D eigenvalue weighted by Gasteiger charge is -2.04. The molecule has 0 aromatic rings. The van der Waals surface area contributed by atoms with Crippen LogP contribution in [0.5, 0.6) is 0 Å². The van der Waals surface area contributed by atoms with Crippen LogP contribution in [0, 0.1) is 0 Å². The number of carbonyl (C=O) groups excluding carboxylic acids is 1. The Hall–Kier alpha value is -0.370. The first kappa shape index (κ1) is 25.6. The maximum absolute atomic E-state index is 10.3. The number of aliphatic hydroxyl groups is 1. The van der Waals surface area contributed by atoms with E-state index < -0.39 is 6.10 Å². The van der Waals surface area contributed by atoms with Crippen molar-refractivity contribution in [2.75, 3.05) is 0 Å². The molecule has 2 heteroatoms. The first-order valence-electron chi connectivity index (χ1n) is 11.9. The van der Waals surface area contributed by atoms with Crippen LogP contribution in [-0.4, -0.2) is 17.5 Å². The van der Waals surface area contributed by atoms with Gasteiger partial charge in [-0.2, -0.15) is 0 Å². The molecule has 0 aromatic heterocycles. The van der Waals surface area contributed by atoms with Gasteiger partial charge in [-0.25, -0.2) is 0 Å². The molecule has 0 heterocycles. The second-order valence-electron chi connectivity index (χ2n) is 8.21. The molecule has 1 atom stereocenters.